The summed E-state index contributed by atoms with van der Waals surface area (Å²) in [4.78, 5) is 11.7. The Balaban J connectivity index is 2.52. The first-order chi connectivity index (χ1) is 10.2. The van der Waals surface area contributed by atoms with Gasteiger partial charge >= 0.3 is 0 Å². The number of methoxy groups -OCH3 is 1. The third kappa shape index (κ3) is 6.43. The first-order valence-electron chi connectivity index (χ1n) is 7.71. The predicted molar refractivity (Wildman–Crippen MR) is 86.7 cm³/mol. The van der Waals surface area contributed by atoms with Crippen LogP contribution < -0.4 is 10.2 Å². The Morgan fingerprint density at radius 2 is 1.86 bits per heavy atom. The molecule has 21 heavy (non-hydrogen) atoms. The Labute approximate surface area is 127 Å². The number of amides is 1. The van der Waals surface area contributed by atoms with E-state index in [-0.39, 0.29) is 5.91 Å². The molecule has 4 heteroatoms. The number of carbonyl (C=O) groups is 1. The second kappa shape index (κ2) is 9.97. The molecular formula is C17H26N2O2. The zero-order chi connectivity index (χ0) is 15.5. The van der Waals surface area contributed by atoms with E-state index in [1.807, 2.05) is 31.2 Å². The predicted octanol–water partition coefficient (Wildman–Crippen LogP) is 3.90. The van der Waals surface area contributed by atoms with Gasteiger partial charge in [0, 0.05) is 6.42 Å². The summed E-state index contributed by atoms with van der Waals surface area (Å²) in [6.07, 6.45) is 5.71. The summed E-state index contributed by atoms with van der Waals surface area (Å²) in [7, 11) is 1.64. The van der Waals surface area contributed by atoms with Gasteiger partial charge in [-0.3, -0.25) is 4.79 Å². The van der Waals surface area contributed by atoms with Crippen molar-refractivity contribution < 1.29 is 9.53 Å². The smallest absolute Gasteiger partial charge is 0.240 e. The Morgan fingerprint density at radius 1 is 1.14 bits per heavy atom. The van der Waals surface area contributed by atoms with Gasteiger partial charge in [-0.2, -0.15) is 5.10 Å². The molecule has 0 saturated carbocycles. The first-order valence-corrected chi connectivity index (χ1v) is 7.71. The molecule has 0 aromatic heterocycles. The summed E-state index contributed by atoms with van der Waals surface area (Å²) in [5.41, 5.74) is 4.53. The van der Waals surface area contributed by atoms with Crippen molar-refractivity contribution >= 4 is 11.6 Å². The van der Waals surface area contributed by atoms with Crippen LogP contribution in [0, 0.1) is 0 Å². The largest absolute Gasteiger partial charge is 0.497 e. The van der Waals surface area contributed by atoms with E-state index < -0.39 is 0 Å². The molecule has 0 aliphatic rings. The summed E-state index contributed by atoms with van der Waals surface area (Å²) in [6.45, 7) is 4.18. The van der Waals surface area contributed by atoms with Crippen LogP contribution in [0.2, 0.25) is 0 Å². The van der Waals surface area contributed by atoms with Gasteiger partial charge in [-0.25, -0.2) is 5.43 Å². The maximum absolute atomic E-state index is 11.7. The minimum absolute atomic E-state index is 0.00874. The fraction of sp³-hybridized carbons (Fsp3) is 0.529. The van der Waals surface area contributed by atoms with E-state index in [9.17, 15) is 4.79 Å². The Hall–Kier alpha value is -1.84. The topological polar surface area (TPSA) is 50.7 Å². The zero-order valence-electron chi connectivity index (χ0n) is 13.3. The highest BCUT2D eigenvalue weighted by atomic mass is 16.5. The molecular weight excluding hydrogens is 264 g/mol. The lowest BCUT2D eigenvalue weighted by atomic mass is 10.1. The van der Waals surface area contributed by atoms with Gasteiger partial charge in [0.25, 0.3) is 0 Å². The Bertz CT molecular complexity index is 452. The van der Waals surface area contributed by atoms with Crippen LogP contribution in [0.3, 0.4) is 0 Å². The molecule has 1 aromatic carbocycles. The third-order valence-electron chi connectivity index (χ3n) is 3.33. The number of benzene rings is 1. The van der Waals surface area contributed by atoms with Crippen LogP contribution in [-0.4, -0.2) is 18.7 Å². The fourth-order valence-electron chi connectivity index (χ4n) is 2.03. The molecule has 1 rings (SSSR count). The minimum Gasteiger partial charge on any atom is -0.497 e. The highest BCUT2D eigenvalue weighted by molar-refractivity contribution is 6.00. The quantitative estimate of drug-likeness (QED) is 0.426. The van der Waals surface area contributed by atoms with Crippen molar-refractivity contribution in [3.63, 3.8) is 0 Å². The average Bonchev–Trinajstić information content (AvgIpc) is 2.52. The Kier molecular flexibility index (Phi) is 8.17. The van der Waals surface area contributed by atoms with Gasteiger partial charge in [0.05, 0.1) is 12.8 Å². The van der Waals surface area contributed by atoms with E-state index in [4.69, 9.17) is 4.74 Å². The highest BCUT2D eigenvalue weighted by Crippen LogP contribution is 2.13. The molecule has 0 aliphatic carbocycles. The monoisotopic (exact) mass is 290 g/mol. The lowest BCUT2D eigenvalue weighted by Gasteiger charge is -2.06. The van der Waals surface area contributed by atoms with Crippen molar-refractivity contribution in [2.45, 2.75) is 52.4 Å². The van der Waals surface area contributed by atoms with Crippen molar-refractivity contribution in [2.75, 3.05) is 7.11 Å². The first kappa shape index (κ1) is 17.2. The third-order valence-corrected chi connectivity index (χ3v) is 3.33. The van der Waals surface area contributed by atoms with Gasteiger partial charge in [-0.05, 0) is 42.7 Å². The fourth-order valence-corrected chi connectivity index (χ4v) is 2.03. The van der Waals surface area contributed by atoms with Gasteiger partial charge in [-0.15, -0.1) is 0 Å². The molecule has 0 radical (unpaired) electrons. The molecule has 116 valence electrons. The average molecular weight is 290 g/mol. The van der Waals surface area contributed by atoms with E-state index in [1.54, 1.807) is 7.11 Å². The standard InChI is InChI=1S/C17H26N2O2/c1-4-6-7-8-9-17(20)19-18-16(5-2)14-10-12-15(21-3)13-11-14/h10-13H,4-9H2,1-3H3,(H,19,20). The normalized spacial score (nSPS) is 11.3. The maximum Gasteiger partial charge on any atom is 0.240 e. The number of hydrogen-bond acceptors (Lipinski definition) is 3. The molecule has 0 bridgehead atoms. The SMILES string of the molecule is CCCCCCC(=O)NN=C(CC)c1ccc(OC)cc1. The molecule has 0 spiro atoms. The summed E-state index contributed by atoms with van der Waals surface area (Å²) in [5.74, 6) is 0.805. The zero-order valence-corrected chi connectivity index (χ0v) is 13.3. The van der Waals surface area contributed by atoms with Gasteiger partial charge in [0.1, 0.15) is 5.75 Å². The number of hydrogen-bond donors (Lipinski definition) is 1. The van der Waals surface area contributed by atoms with Crippen molar-refractivity contribution in [3.05, 3.63) is 29.8 Å². The molecule has 0 fully saturated rings. The van der Waals surface area contributed by atoms with Gasteiger partial charge in [0.2, 0.25) is 5.91 Å². The molecule has 0 aliphatic heterocycles. The van der Waals surface area contributed by atoms with E-state index in [1.165, 1.54) is 12.8 Å². The lowest BCUT2D eigenvalue weighted by molar-refractivity contribution is -0.121. The molecule has 4 nitrogen and oxygen atoms in total. The van der Waals surface area contributed by atoms with Crippen LogP contribution in [0.25, 0.3) is 0 Å². The molecule has 0 saturated heterocycles. The van der Waals surface area contributed by atoms with Crippen LogP contribution in [0.15, 0.2) is 29.4 Å². The maximum atomic E-state index is 11.7. The lowest BCUT2D eigenvalue weighted by Crippen LogP contribution is -2.19. The number of nitrogens with one attached hydrogen (secondary N) is 1. The van der Waals surface area contributed by atoms with Crippen LogP contribution in [0.5, 0.6) is 5.75 Å². The van der Waals surface area contributed by atoms with Gasteiger partial charge < -0.3 is 4.74 Å². The number of carbonyl (C=O) groups excluding carboxylic acids is 1. The highest BCUT2D eigenvalue weighted by Gasteiger charge is 2.04. The summed E-state index contributed by atoms with van der Waals surface area (Å²) >= 11 is 0. The number of ether oxygens (including phenoxy) is 1. The van der Waals surface area contributed by atoms with Crippen LogP contribution in [-0.2, 0) is 4.79 Å². The number of hydrazone groups is 1. The van der Waals surface area contributed by atoms with Gasteiger partial charge in [0.15, 0.2) is 0 Å². The summed E-state index contributed by atoms with van der Waals surface area (Å²) in [6, 6.07) is 7.70. The molecule has 0 heterocycles. The summed E-state index contributed by atoms with van der Waals surface area (Å²) in [5, 5.41) is 4.24. The van der Waals surface area contributed by atoms with E-state index in [0.717, 1.165) is 36.3 Å². The van der Waals surface area contributed by atoms with Crippen LogP contribution >= 0.6 is 0 Å². The molecule has 0 atom stereocenters. The molecule has 1 amide bonds. The second-order valence-corrected chi connectivity index (χ2v) is 4.99. The second-order valence-electron chi connectivity index (χ2n) is 4.99. The number of nitrogens with zero attached hydrogens (tertiary/aromatic N) is 1. The van der Waals surface area contributed by atoms with E-state index in [0.29, 0.717) is 6.42 Å². The van der Waals surface area contributed by atoms with Crippen molar-refractivity contribution in [1.29, 1.82) is 0 Å². The molecule has 0 unspecified atom stereocenters. The van der Waals surface area contributed by atoms with E-state index in [2.05, 4.69) is 17.5 Å². The summed E-state index contributed by atoms with van der Waals surface area (Å²) < 4.78 is 5.14. The number of unbranched alkanes of at least 4 members (excludes halogenated alkanes) is 3. The molecule has 1 N–H and O–H groups in total. The van der Waals surface area contributed by atoms with Crippen molar-refractivity contribution in [3.8, 4) is 5.75 Å². The van der Waals surface area contributed by atoms with Crippen LogP contribution in [0.1, 0.15) is 57.9 Å². The minimum atomic E-state index is -0.00874. The van der Waals surface area contributed by atoms with Crippen molar-refractivity contribution in [1.82, 2.24) is 5.43 Å². The van der Waals surface area contributed by atoms with Crippen molar-refractivity contribution in [2.24, 2.45) is 5.10 Å². The van der Waals surface area contributed by atoms with E-state index >= 15 is 0 Å². The Morgan fingerprint density at radius 3 is 2.43 bits per heavy atom. The van der Waals surface area contributed by atoms with Crippen LogP contribution in [0.4, 0.5) is 0 Å². The molecule has 1 aromatic rings. The number of rotatable bonds is 9. The van der Waals surface area contributed by atoms with Gasteiger partial charge in [-0.1, -0.05) is 33.1 Å².